The van der Waals surface area contributed by atoms with Gasteiger partial charge in [-0.05, 0) is 24.5 Å². The summed E-state index contributed by atoms with van der Waals surface area (Å²) in [6, 6.07) is 7.51. The van der Waals surface area contributed by atoms with Gasteiger partial charge in [0.15, 0.2) is 0 Å². The molecule has 0 aliphatic heterocycles. The molecular formula is C12H13ClO2. The number of carbonyl (C=O) groups excluding carboxylic acids is 1. The summed E-state index contributed by atoms with van der Waals surface area (Å²) >= 11 is 6.11. The Balaban J connectivity index is 2.43. The maximum Gasteiger partial charge on any atom is 0.316 e. The molecule has 0 saturated heterocycles. The number of rotatable bonds is 2. The van der Waals surface area contributed by atoms with Gasteiger partial charge in [0, 0.05) is 5.02 Å². The summed E-state index contributed by atoms with van der Waals surface area (Å²) in [6.45, 7) is 0. The Morgan fingerprint density at radius 3 is 2.53 bits per heavy atom. The summed E-state index contributed by atoms with van der Waals surface area (Å²) in [6.07, 6.45) is 2.73. The first-order chi connectivity index (χ1) is 7.20. The van der Waals surface area contributed by atoms with E-state index in [-0.39, 0.29) is 5.97 Å². The van der Waals surface area contributed by atoms with E-state index in [4.69, 9.17) is 16.3 Å². The Morgan fingerprint density at radius 2 is 2.07 bits per heavy atom. The molecule has 1 saturated carbocycles. The van der Waals surface area contributed by atoms with E-state index in [0.29, 0.717) is 5.02 Å². The van der Waals surface area contributed by atoms with Crippen molar-refractivity contribution >= 4 is 17.6 Å². The van der Waals surface area contributed by atoms with Gasteiger partial charge in [-0.2, -0.15) is 0 Å². The minimum atomic E-state index is -0.479. The fraction of sp³-hybridized carbons (Fsp3) is 0.417. The van der Waals surface area contributed by atoms with Crippen molar-refractivity contribution in [2.24, 2.45) is 0 Å². The molecule has 0 heterocycles. The highest BCUT2D eigenvalue weighted by Crippen LogP contribution is 2.46. The minimum Gasteiger partial charge on any atom is -0.468 e. The molecule has 1 aliphatic carbocycles. The Morgan fingerprint density at radius 1 is 1.40 bits per heavy atom. The van der Waals surface area contributed by atoms with Crippen molar-refractivity contribution in [3.63, 3.8) is 0 Å². The van der Waals surface area contributed by atoms with E-state index in [1.807, 2.05) is 24.3 Å². The summed E-state index contributed by atoms with van der Waals surface area (Å²) in [4.78, 5) is 11.8. The van der Waals surface area contributed by atoms with Crippen LogP contribution in [0.2, 0.25) is 5.02 Å². The number of benzene rings is 1. The second kappa shape index (κ2) is 3.86. The number of esters is 1. The largest absolute Gasteiger partial charge is 0.468 e. The third-order valence-corrected chi connectivity index (χ3v) is 3.50. The fourth-order valence-electron chi connectivity index (χ4n) is 2.16. The van der Waals surface area contributed by atoms with Gasteiger partial charge in [0.2, 0.25) is 0 Å². The molecule has 0 atom stereocenters. The quantitative estimate of drug-likeness (QED) is 0.722. The smallest absolute Gasteiger partial charge is 0.316 e. The van der Waals surface area contributed by atoms with E-state index >= 15 is 0 Å². The van der Waals surface area contributed by atoms with Crippen LogP contribution in [0.4, 0.5) is 0 Å². The zero-order valence-corrected chi connectivity index (χ0v) is 9.38. The summed E-state index contributed by atoms with van der Waals surface area (Å²) in [5.74, 6) is -0.165. The second-order valence-electron chi connectivity index (χ2n) is 3.91. The van der Waals surface area contributed by atoms with Crippen LogP contribution in [0, 0.1) is 0 Å². The van der Waals surface area contributed by atoms with E-state index in [0.717, 1.165) is 24.8 Å². The number of hydrogen-bond donors (Lipinski definition) is 0. The Labute approximate surface area is 94.2 Å². The van der Waals surface area contributed by atoms with Crippen molar-refractivity contribution in [2.45, 2.75) is 24.7 Å². The van der Waals surface area contributed by atoms with Crippen LogP contribution < -0.4 is 0 Å². The molecule has 0 radical (unpaired) electrons. The second-order valence-corrected chi connectivity index (χ2v) is 4.31. The predicted octanol–water partition coefficient (Wildman–Crippen LogP) is 2.93. The third-order valence-electron chi connectivity index (χ3n) is 3.17. The van der Waals surface area contributed by atoms with Gasteiger partial charge in [0.25, 0.3) is 0 Å². The Bertz CT molecular complexity index is 383. The van der Waals surface area contributed by atoms with E-state index in [2.05, 4.69) is 0 Å². The van der Waals surface area contributed by atoms with E-state index < -0.39 is 5.41 Å². The topological polar surface area (TPSA) is 26.3 Å². The lowest BCUT2D eigenvalue weighted by Crippen LogP contribution is -2.43. The molecule has 1 aromatic carbocycles. The van der Waals surface area contributed by atoms with Crippen molar-refractivity contribution in [1.82, 2.24) is 0 Å². The van der Waals surface area contributed by atoms with Gasteiger partial charge in [0.05, 0.1) is 12.5 Å². The predicted molar refractivity (Wildman–Crippen MR) is 59.0 cm³/mol. The molecule has 1 aliphatic rings. The summed E-state index contributed by atoms with van der Waals surface area (Å²) in [5.41, 5.74) is 0.428. The minimum absolute atomic E-state index is 0.165. The van der Waals surface area contributed by atoms with Crippen molar-refractivity contribution in [2.75, 3.05) is 7.11 Å². The van der Waals surface area contributed by atoms with Crippen molar-refractivity contribution in [3.05, 3.63) is 34.9 Å². The molecule has 0 N–H and O–H groups in total. The van der Waals surface area contributed by atoms with Crippen LogP contribution in [0.25, 0.3) is 0 Å². The van der Waals surface area contributed by atoms with Gasteiger partial charge in [-0.3, -0.25) is 4.79 Å². The molecule has 0 aromatic heterocycles. The maximum absolute atomic E-state index is 11.8. The standard InChI is InChI=1S/C12H13ClO2/c1-15-11(14)12(7-4-8-12)9-5-2-3-6-10(9)13/h2-3,5-6H,4,7-8H2,1H3. The molecule has 0 bridgehead atoms. The van der Waals surface area contributed by atoms with Crippen LogP contribution in [0.1, 0.15) is 24.8 Å². The highest BCUT2D eigenvalue weighted by molar-refractivity contribution is 6.31. The van der Waals surface area contributed by atoms with E-state index in [9.17, 15) is 4.79 Å². The van der Waals surface area contributed by atoms with Gasteiger partial charge in [-0.1, -0.05) is 36.2 Å². The monoisotopic (exact) mass is 224 g/mol. The first-order valence-electron chi connectivity index (χ1n) is 5.04. The van der Waals surface area contributed by atoms with Crippen LogP contribution in [0.15, 0.2) is 24.3 Å². The third kappa shape index (κ3) is 1.53. The highest BCUT2D eigenvalue weighted by Gasteiger charge is 2.47. The summed E-state index contributed by atoms with van der Waals surface area (Å²) < 4.78 is 4.87. The molecule has 2 nitrogen and oxygen atoms in total. The first-order valence-corrected chi connectivity index (χ1v) is 5.42. The van der Waals surface area contributed by atoms with Crippen LogP contribution in [-0.4, -0.2) is 13.1 Å². The number of halogens is 1. The molecule has 1 aromatic rings. The van der Waals surface area contributed by atoms with Crippen LogP contribution in [0.5, 0.6) is 0 Å². The fourth-order valence-corrected chi connectivity index (χ4v) is 2.48. The lowest BCUT2D eigenvalue weighted by atomic mass is 9.64. The van der Waals surface area contributed by atoms with Gasteiger partial charge in [0.1, 0.15) is 0 Å². The average molecular weight is 225 g/mol. The van der Waals surface area contributed by atoms with E-state index in [1.165, 1.54) is 7.11 Å². The molecule has 0 unspecified atom stereocenters. The maximum atomic E-state index is 11.8. The highest BCUT2D eigenvalue weighted by atomic mass is 35.5. The van der Waals surface area contributed by atoms with Gasteiger partial charge < -0.3 is 4.74 Å². The molecule has 0 amide bonds. The molecule has 80 valence electrons. The van der Waals surface area contributed by atoms with Crippen LogP contribution in [-0.2, 0) is 14.9 Å². The lowest BCUT2D eigenvalue weighted by molar-refractivity contribution is -0.151. The Kier molecular flexibility index (Phi) is 2.70. The molecular weight excluding hydrogens is 212 g/mol. The van der Waals surface area contributed by atoms with Crippen LogP contribution in [0.3, 0.4) is 0 Å². The van der Waals surface area contributed by atoms with Crippen LogP contribution >= 0.6 is 11.6 Å². The van der Waals surface area contributed by atoms with Gasteiger partial charge in [-0.25, -0.2) is 0 Å². The normalized spacial score (nSPS) is 18.0. The summed E-state index contributed by atoms with van der Waals surface area (Å²) in [5, 5.41) is 0.655. The van der Waals surface area contributed by atoms with Gasteiger partial charge in [-0.15, -0.1) is 0 Å². The van der Waals surface area contributed by atoms with Crippen molar-refractivity contribution in [1.29, 1.82) is 0 Å². The molecule has 0 spiro atoms. The first kappa shape index (κ1) is 10.5. The van der Waals surface area contributed by atoms with Crippen molar-refractivity contribution < 1.29 is 9.53 Å². The number of hydrogen-bond acceptors (Lipinski definition) is 2. The number of carbonyl (C=O) groups is 1. The zero-order valence-electron chi connectivity index (χ0n) is 8.63. The number of methoxy groups -OCH3 is 1. The summed E-state index contributed by atoms with van der Waals surface area (Å²) in [7, 11) is 1.43. The lowest BCUT2D eigenvalue weighted by Gasteiger charge is -2.39. The average Bonchev–Trinajstić information content (AvgIpc) is 2.19. The van der Waals surface area contributed by atoms with Crippen molar-refractivity contribution in [3.8, 4) is 0 Å². The zero-order chi connectivity index (χ0) is 10.9. The molecule has 3 heteroatoms. The van der Waals surface area contributed by atoms with Gasteiger partial charge >= 0.3 is 5.97 Å². The number of ether oxygens (including phenoxy) is 1. The molecule has 2 rings (SSSR count). The van der Waals surface area contributed by atoms with E-state index in [1.54, 1.807) is 0 Å². The molecule has 15 heavy (non-hydrogen) atoms. The molecule has 1 fully saturated rings. The Hall–Kier alpha value is -1.02. The SMILES string of the molecule is COC(=O)C1(c2ccccc2Cl)CCC1.